The quantitative estimate of drug-likeness (QED) is 0.849. The van der Waals surface area contributed by atoms with Gasteiger partial charge in [-0.1, -0.05) is 42.5 Å². The van der Waals surface area contributed by atoms with Crippen molar-refractivity contribution in [2.24, 2.45) is 5.92 Å². The second kappa shape index (κ2) is 7.08. The van der Waals surface area contributed by atoms with Crippen LogP contribution in [-0.4, -0.2) is 30.5 Å². The van der Waals surface area contributed by atoms with Gasteiger partial charge in [-0.15, -0.1) is 0 Å². The molecule has 0 aliphatic rings. The highest BCUT2D eigenvalue weighted by Crippen LogP contribution is 2.32. The summed E-state index contributed by atoms with van der Waals surface area (Å²) in [6, 6.07) is 17.7. The number of ether oxygens (including phenoxy) is 1. The van der Waals surface area contributed by atoms with Crippen molar-refractivity contribution >= 4 is 0 Å². The van der Waals surface area contributed by atoms with Crippen LogP contribution in [0.25, 0.3) is 0 Å². The molecule has 2 aromatic rings. The molecule has 0 saturated carbocycles. The molecule has 0 saturated heterocycles. The molecule has 0 aliphatic carbocycles. The predicted octanol–water partition coefficient (Wildman–Crippen LogP) is 2.43. The van der Waals surface area contributed by atoms with E-state index >= 15 is 0 Å². The zero-order chi connectivity index (χ0) is 14.4. The number of aliphatic hydroxyl groups is 2. The first-order valence-electron chi connectivity index (χ1n) is 6.70. The number of rotatable bonds is 6. The summed E-state index contributed by atoms with van der Waals surface area (Å²) in [7, 11) is 1.63. The van der Waals surface area contributed by atoms with Gasteiger partial charge in [-0.25, -0.2) is 0 Å². The summed E-state index contributed by atoms with van der Waals surface area (Å²) in [6.07, 6.45) is 0. The van der Waals surface area contributed by atoms with E-state index in [9.17, 15) is 10.2 Å². The molecule has 3 nitrogen and oxygen atoms in total. The van der Waals surface area contributed by atoms with E-state index in [2.05, 4.69) is 0 Å². The Bertz CT molecular complexity index is 504. The minimum absolute atomic E-state index is 0.0305. The summed E-state index contributed by atoms with van der Waals surface area (Å²) in [4.78, 5) is 0. The Balaban J connectivity index is 2.40. The molecule has 0 spiro atoms. The van der Waals surface area contributed by atoms with Gasteiger partial charge in [-0.05, 0) is 23.3 Å². The molecule has 2 aromatic carbocycles. The van der Waals surface area contributed by atoms with Gasteiger partial charge in [0.1, 0.15) is 5.75 Å². The summed E-state index contributed by atoms with van der Waals surface area (Å²) in [5.41, 5.74) is 2.15. The molecule has 2 N–H and O–H groups in total. The Kier molecular flexibility index (Phi) is 5.16. The summed E-state index contributed by atoms with van der Waals surface area (Å²) >= 11 is 0. The minimum atomic E-state index is -0.217. The summed E-state index contributed by atoms with van der Waals surface area (Å²) in [5.74, 6) is 0.549. The lowest BCUT2D eigenvalue weighted by molar-refractivity contribution is 0.139. The van der Waals surface area contributed by atoms with E-state index in [1.165, 1.54) is 0 Å². The van der Waals surface area contributed by atoms with Crippen molar-refractivity contribution in [1.82, 2.24) is 0 Å². The van der Waals surface area contributed by atoms with E-state index < -0.39 is 0 Å². The molecule has 0 fully saturated rings. The largest absolute Gasteiger partial charge is 0.497 e. The summed E-state index contributed by atoms with van der Waals surface area (Å²) in [5, 5.41) is 19.1. The van der Waals surface area contributed by atoms with Gasteiger partial charge < -0.3 is 14.9 Å². The topological polar surface area (TPSA) is 49.7 Å². The van der Waals surface area contributed by atoms with Crippen LogP contribution in [0.2, 0.25) is 0 Å². The van der Waals surface area contributed by atoms with Crippen LogP contribution in [0.5, 0.6) is 5.75 Å². The highest BCUT2D eigenvalue weighted by Gasteiger charge is 2.23. The average molecular weight is 272 g/mol. The lowest BCUT2D eigenvalue weighted by Crippen LogP contribution is -2.21. The fraction of sp³-hybridized carbons (Fsp3) is 0.294. The van der Waals surface area contributed by atoms with Gasteiger partial charge in [0.05, 0.1) is 7.11 Å². The van der Waals surface area contributed by atoms with Crippen molar-refractivity contribution in [3.63, 3.8) is 0 Å². The van der Waals surface area contributed by atoms with Crippen LogP contribution >= 0.6 is 0 Å². The maximum absolute atomic E-state index is 9.54. The van der Waals surface area contributed by atoms with Gasteiger partial charge in [-0.3, -0.25) is 0 Å². The van der Waals surface area contributed by atoms with Crippen LogP contribution in [0.3, 0.4) is 0 Å². The van der Waals surface area contributed by atoms with E-state index in [0.717, 1.165) is 16.9 Å². The fourth-order valence-corrected chi connectivity index (χ4v) is 2.48. The molecule has 0 radical (unpaired) electrons. The second-order valence-electron chi connectivity index (χ2n) is 4.79. The molecular weight excluding hydrogens is 252 g/mol. The molecule has 0 aromatic heterocycles. The first-order chi connectivity index (χ1) is 9.80. The number of hydrogen-bond acceptors (Lipinski definition) is 3. The van der Waals surface area contributed by atoms with Crippen molar-refractivity contribution in [3.8, 4) is 5.75 Å². The van der Waals surface area contributed by atoms with Gasteiger partial charge >= 0.3 is 0 Å². The zero-order valence-electron chi connectivity index (χ0n) is 11.6. The van der Waals surface area contributed by atoms with Crippen molar-refractivity contribution in [3.05, 3.63) is 65.7 Å². The number of methoxy groups -OCH3 is 1. The molecule has 0 aliphatic heterocycles. The normalized spacial score (nSPS) is 12.4. The smallest absolute Gasteiger partial charge is 0.118 e. The number of benzene rings is 2. The maximum Gasteiger partial charge on any atom is 0.118 e. The molecule has 0 heterocycles. The van der Waals surface area contributed by atoms with Crippen LogP contribution < -0.4 is 4.74 Å². The fourth-order valence-electron chi connectivity index (χ4n) is 2.48. The van der Waals surface area contributed by atoms with Crippen molar-refractivity contribution < 1.29 is 14.9 Å². The lowest BCUT2D eigenvalue weighted by atomic mass is 9.81. The Morgan fingerprint density at radius 1 is 0.850 bits per heavy atom. The van der Waals surface area contributed by atoms with E-state index in [1.807, 2.05) is 54.6 Å². The molecule has 3 heteroatoms. The van der Waals surface area contributed by atoms with Crippen LogP contribution in [0, 0.1) is 5.92 Å². The molecule has 0 unspecified atom stereocenters. The highest BCUT2D eigenvalue weighted by atomic mass is 16.5. The SMILES string of the molecule is COc1ccc([C@@H](c2ccccc2)C(CO)CO)cc1. The van der Waals surface area contributed by atoms with Crippen LogP contribution in [0.15, 0.2) is 54.6 Å². The molecule has 20 heavy (non-hydrogen) atoms. The third kappa shape index (κ3) is 3.18. The van der Waals surface area contributed by atoms with E-state index in [4.69, 9.17) is 4.74 Å². The summed E-state index contributed by atoms with van der Waals surface area (Å²) in [6.45, 7) is -0.107. The van der Waals surface area contributed by atoms with Gasteiger partial charge in [0.25, 0.3) is 0 Å². The van der Waals surface area contributed by atoms with E-state index in [0.29, 0.717) is 0 Å². The number of aliphatic hydroxyl groups excluding tert-OH is 2. The standard InChI is InChI=1S/C17H20O3/c1-20-16-9-7-14(8-10-16)17(15(11-18)12-19)13-5-3-2-4-6-13/h2-10,15,17-19H,11-12H2,1H3/t17-/m1/s1. The summed E-state index contributed by atoms with van der Waals surface area (Å²) < 4.78 is 5.17. The van der Waals surface area contributed by atoms with Gasteiger partial charge in [0.2, 0.25) is 0 Å². The third-order valence-electron chi connectivity index (χ3n) is 3.57. The highest BCUT2D eigenvalue weighted by molar-refractivity contribution is 5.36. The van der Waals surface area contributed by atoms with Crippen LogP contribution in [-0.2, 0) is 0 Å². The third-order valence-corrected chi connectivity index (χ3v) is 3.57. The number of hydrogen-bond donors (Lipinski definition) is 2. The monoisotopic (exact) mass is 272 g/mol. The Hall–Kier alpha value is -1.84. The van der Waals surface area contributed by atoms with Gasteiger partial charge in [0, 0.05) is 25.0 Å². The Morgan fingerprint density at radius 2 is 1.40 bits per heavy atom. The molecule has 0 bridgehead atoms. The first-order valence-corrected chi connectivity index (χ1v) is 6.70. The van der Waals surface area contributed by atoms with Crippen molar-refractivity contribution in [1.29, 1.82) is 0 Å². The molecule has 106 valence electrons. The average Bonchev–Trinajstić information content (AvgIpc) is 2.53. The van der Waals surface area contributed by atoms with E-state index in [1.54, 1.807) is 7.11 Å². The predicted molar refractivity (Wildman–Crippen MR) is 78.9 cm³/mol. The van der Waals surface area contributed by atoms with Crippen LogP contribution in [0.4, 0.5) is 0 Å². The van der Waals surface area contributed by atoms with Crippen molar-refractivity contribution in [2.75, 3.05) is 20.3 Å². The Morgan fingerprint density at radius 3 is 1.90 bits per heavy atom. The van der Waals surface area contributed by atoms with E-state index in [-0.39, 0.29) is 25.0 Å². The molecule has 1 atom stereocenters. The van der Waals surface area contributed by atoms with Crippen LogP contribution in [0.1, 0.15) is 17.0 Å². The Labute approximate surface area is 119 Å². The molecular formula is C17H20O3. The second-order valence-corrected chi connectivity index (χ2v) is 4.79. The molecule has 0 amide bonds. The van der Waals surface area contributed by atoms with Crippen molar-refractivity contribution in [2.45, 2.75) is 5.92 Å². The maximum atomic E-state index is 9.54. The zero-order valence-corrected chi connectivity index (χ0v) is 11.6. The lowest BCUT2D eigenvalue weighted by Gasteiger charge is -2.25. The first kappa shape index (κ1) is 14.6. The van der Waals surface area contributed by atoms with Gasteiger partial charge in [0.15, 0.2) is 0 Å². The minimum Gasteiger partial charge on any atom is -0.497 e. The van der Waals surface area contributed by atoms with Gasteiger partial charge in [-0.2, -0.15) is 0 Å². The molecule has 2 rings (SSSR count).